The minimum atomic E-state index is -4.40. The summed E-state index contributed by atoms with van der Waals surface area (Å²) in [5, 5.41) is 2.61. The molecule has 1 aromatic heterocycles. The normalized spacial score (nSPS) is 12.7. The number of nitrogens with one attached hydrogen (secondary N) is 1. The zero-order chi connectivity index (χ0) is 20.0. The third-order valence-corrected chi connectivity index (χ3v) is 3.90. The van der Waals surface area contributed by atoms with Crippen LogP contribution in [0.3, 0.4) is 0 Å². The van der Waals surface area contributed by atoms with Crippen molar-refractivity contribution in [1.29, 1.82) is 0 Å². The fourth-order valence-electron chi connectivity index (χ4n) is 2.74. The number of aromatic nitrogens is 1. The molecule has 0 saturated carbocycles. The highest BCUT2D eigenvalue weighted by Crippen LogP contribution is 2.33. The maximum absolute atomic E-state index is 12.9. The van der Waals surface area contributed by atoms with Crippen LogP contribution in [0, 0.1) is 0 Å². The highest BCUT2D eigenvalue weighted by molar-refractivity contribution is 6.07. The number of amides is 1. The summed E-state index contributed by atoms with van der Waals surface area (Å²) in [6.45, 7) is 3.49. The maximum Gasteiger partial charge on any atom is 0.389 e. The first-order valence-corrected chi connectivity index (χ1v) is 8.57. The maximum atomic E-state index is 12.9. The van der Waals surface area contributed by atoms with Crippen molar-refractivity contribution >= 4 is 11.7 Å². The van der Waals surface area contributed by atoms with Crippen molar-refractivity contribution in [1.82, 2.24) is 10.3 Å². The van der Waals surface area contributed by atoms with Crippen LogP contribution in [0.15, 0.2) is 48.7 Å². The molecular formula is C20H21F3N2O2. The predicted molar refractivity (Wildman–Crippen MR) is 95.4 cm³/mol. The van der Waals surface area contributed by atoms with Crippen molar-refractivity contribution in [3.8, 4) is 0 Å². The Bertz CT molecular complexity index is 772. The zero-order valence-electron chi connectivity index (χ0n) is 15.1. The van der Waals surface area contributed by atoms with Crippen molar-refractivity contribution in [2.75, 3.05) is 0 Å². The van der Waals surface area contributed by atoms with Gasteiger partial charge in [0.05, 0.1) is 6.42 Å². The fourth-order valence-corrected chi connectivity index (χ4v) is 2.74. The van der Waals surface area contributed by atoms with E-state index in [0.717, 1.165) is 0 Å². The largest absolute Gasteiger partial charge is 0.389 e. The van der Waals surface area contributed by atoms with Crippen LogP contribution in [0.1, 0.15) is 54.2 Å². The van der Waals surface area contributed by atoms with Crippen LogP contribution in [0.25, 0.3) is 0 Å². The number of pyridine rings is 1. The minimum Gasteiger partial charge on any atom is -0.354 e. The number of carbonyl (C=O) groups is 2. The number of rotatable bonds is 7. The summed E-state index contributed by atoms with van der Waals surface area (Å²) in [4.78, 5) is 28.3. The second kappa shape index (κ2) is 8.79. The van der Waals surface area contributed by atoms with Crippen LogP contribution in [0.4, 0.5) is 13.2 Å². The Morgan fingerprint density at radius 3 is 2.26 bits per heavy atom. The molecule has 27 heavy (non-hydrogen) atoms. The Labute approximate surface area is 155 Å². The van der Waals surface area contributed by atoms with E-state index in [-0.39, 0.29) is 23.9 Å². The van der Waals surface area contributed by atoms with Gasteiger partial charge in [-0.15, -0.1) is 0 Å². The lowest BCUT2D eigenvalue weighted by Crippen LogP contribution is -2.32. The number of halogens is 3. The summed E-state index contributed by atoms with van der Waals surface area (Å²) in [6.07, 6.45) is -4.28. The van der Waals surface area contributed by atoms with E-state index < -0.39 is 24.4 Å². The molecule has 0 aliphatic heterocycles. The van der Waals surface area contributed by atoms with Crippen LogP contribution in [-0.2, 0) is 4.79 Å². The van der Waals surface area contributed by atoms with Gasteiger partial charge in [-0.25, -0.2) is 0 Å². The molecule has 1 atom stereocenters. The summed E-state index contributed by atoms with van der Waals surface area (Å²) in [5.41, 5.74) is 0.951. The van der Waals surface area contributed by atoms with E-state index in [9.17, 15) is 22.8 Å². The van der Waals surface area contributed by atoms with Crippen molar-refractivity contribution in [3.63, 3.8) is 0 Å². The summed E-state index contributed by atoms with van der Waals surface area (Å²) in [5.74, 6) is -1.76. The number of benzene rings is 1. The molecule has 0 spiro atoms. The van der Waals surface area contributed by atoms with Gasteiger partial charge in [0.15, 0.2) is 0 Å². The first kappa shape index (κ1) is 20.6. The van der Waals surface area contributed by atoms with Crippen molar-refractivity contribution in [2.45, 2.75) is 44.8 Å². The Kier molecular flexibility index (Phi) is 6.71. The van der Waals surface area contributed by atoms with E-state index in [0.29, 0.717) is 11.1 Å². The van der Waals surface area contributed by atoms with Gasteiger partial charge >= 0.3 is 6.18 Å². The number of nitrogens with zero attached hydrogens (tertiary/aromatic N) is 1. The molecule has 1 aromatic carbocycles. The Morgan fingerprint density at radius 2 is 1.74 bits per heavy atom. The van der Waals surface area contributed by atoms with Crippen molar-refractivity contribution in [3.05, 3.63) is 65.5 Å². The van der Waals surface area contributed by atoms with Gasteiger partial charge in [0.25, 0.3) is 0 Å². The smallest absolute Gasteiger partial charge is 0.354 e. The van der Waals surface area contributed by atoms with E-state index in [1.165, 1.54) is 30.5 Å². The third-order valence-electron chi connectivity index (χ3n) is 3.90. The Hall–Kier alpha value is -2.70. The van der Waals surface area contributed by atoms with Crippen LogP contribution in [-0.4, -0.2) is 28.9 Å². The minimum absolute atomic E-state index is 0.151. The van der Waals surface area contributed by atoms with Gasteiger partial charge in [-0.3, -0.25) is 14.6 Å². The van der Waals surface area contributed by atoms with Gasteiger partial charge < -0.3 is 5.32 Å². The lowest BCUT2D eigenvalue weighted by atomic mass is 9.90. The molecular weight excluding hydrogens is 357 g/mol. The molecule has 0 fully saturated rings. The first-order valence-electron chi connectivity index (χ1n) is 8.57. The Balaban J connectivity index is 2.20. The highest BCUT2D eigenvalue weighted by atomic mass is 19.4. The van der Waals surface area contributed by atoms with Gasteiger partial charge in [0.2, 0.25) is 11.7 Å². The van der Waals surface area contributed by atoms with Crippen molar-refractivity contribution in [2.24, 2.45) is 0 Å². The van der Waals surface area contributed by atoms with Gasteiger partial charge in [-0.1, -0.05) is 30.3 Å². The van der Waals surface area contributed by atoms with Gasteiger partial charge in [-0.05, 0) is 31.5 Å². The molecule has 144 valence electrons. The predicted octanol–water partition coefficient (Wildman–Crippen LogP) is 4.26. The van der Waals surface area contributed by atoms with Gasteiger partial charge in [0.1, 0.15) is 5.69 Å². The summed E-state index contributed by atoms with van der Waals surface area (Å²) < 4.78 is 38.8. The average Bonchev–Trinajstić information content (AvgIpc) is 2.59. The lowest BCUT2D eigenvalue weighted by Gasteiger charge is -2.20. The molecule has 0 radical (unpaired) electrons. The number of ketones is 1. The van der Waals surface area contributed by atoms with E-state index in [1.807, 2.05) is 0 Å². The highest BCUT2D eigenvalue weighted by Gasteiger charge is 2.33. The zero-order valence-corrected chi connectivity index (χ0v) is 15.1. The van der Waals surface area contributed by atoms with E-state index in [4.69, 9.17) is 0 Å². The molecule has 0 bridgehead atoms. The molecule has 0 aliphatic carbocycles. The summed E-state index contributed by atoms with van der Waals surface area (Å²) >= 11 is 0. The molecule has 1 amide bonds. The van der Waals surface area contributed by atoms with E-state index in [1.54, 1.807) is 32.0 Å². The van der Waals surface area contributed by atoms with E-state index in [2.05, 4.69) is 10.3 Å². The van der Waals surface area contributed by atoms with Crippen LogP contribution in [0.5, 0.6) is 0 Å². The number of carbonyl (C=O) groups excluding carboxylic acids is 2. The average molecular weight is 378 g/mol. The molecule has 2 rings (SSSR count). The van der Waals surface area contributed by atoms with Crippen LogP contribution >= 0.6 is 0 Å². The SMILES string of the molecule is CC(C)NC(=O)CC(CC(F)(F)F)c1ccc(C(=O)c2ccccn2)cc1. The standard InChI is InChI=1S/C20H21F3N2O2/c1-13(2)25-18(26)11-16(12-20(21,22)23)14-6-8-15(9-7-14)19(27)17-5-3-4-10-24-17/h3-10,13,16H,11-12H2,1-2H3,(H,25,26). The number of hydrogen-bond acceptors (Lipinski definition) is 3. The molecule has 2 aromatic rings. The topological polar surface area (TPSA) is 59.1 Å². The summed E-state index contributed by atoms with van der Waals surface area (Å²) in [6, 6.07) is 10.7. The second-order valence-corrected chi connectivity index (χ2v) is 6.61. The fraction of sp³-hybridized carbons (Fsp3) is 0.350. The van der Waals surface area contributed by atoms with Crippen molar-refractivity contribution < 1.29 is 22.8 Å². The quantitative estimate of drug-likeness (QED) is 0.733. The second-order valence-electron chi connectivity index (χ2n) is 6.61. The van der Waals surface area contributed by atoms with E-state index >= 15 is 0 Å². The number of alkyl halides is 3. The molecule has 0 aliphatic rings. The third kappa shape index (κ3) is 6.51. The molecule has 1 unspecified atom stereocenters. The molecule has 0 saturated heterocycles. The molecule has 1 heterocycles. The molecule has 4 nitrogen and oxygen atoms in total. The summed E-state index contributed by atoms with van der Waals surface area (Å²) in [7, 11) is 0. The van der Waals surface area contributed by atoms with Crippen LogP contribution in [0.2, 0.25) is 0 Å². The van der Waals surface area contributed by atoms with Gasteiger partial charge in [-0.2, -0.15) is 13.2 Å². The monoisotopic (exact) mass is 378 g/mol. The molecule has 1 N–H and O–H groups in total. The molecule has 7 heteroatoms. The number of hydrogen-bond donors (Lipinski definition) is 1. The van der Waals surface area contributed by atoms with Crippen LogP contribution < -0.4 is 5.32 Å². The lowest BCUT2D eigenvalue weighted by molar-refractivity contribution is -0.141. The first-order chi connectivity index (χ1) is 12.7. The van der Waals surface area contributed by atoms with Gasteiger partial charge in [0, 0.05) is 30.1 Å². The Morgan fingerprint density at radius 1 is 1.07 bits per heavy atom.